The Bertz CT molecular complexity index is 423. The van der Waals surface area contributed by atoms with E-state index < -0.39 is 10.0 Å². The zero-order chi connectivity index (χ0) is 13.1. The summed E-state index contributed by atoms with van der Waals surface area (Å²) in [6.07, 6.45) is 1.58. The number of nitrogens with one attached hydrogen (secondary N) is 1. The molecule has 7 heteroatoms. The van der Waals surface area contributed by atoms with Crippen LogP contribution in [-0.4, -0.2) is 44.1 Å². The number of likely N-dealkylation sites (N-methyl/N-ethyl adjacent to an activating group) is 1. The number of hydrogen-bond donors (Lipinski definition) is 1. The van der Waals surface area contributed by atoms with Gasteiger partial charge in [-0.2, -0.15) is 5.26 Å². The second kappa shape index (κ2) is 5.47. The third kappa shape index (κ3) is 3.98. The highest BCUT2D eigenvalue weighted by Crippen LogP contribution is 2.27. The minimum atomic E-state index is -3.32. The number of hydrogen-bond acceptors (Lipinski definition) is 4. The standard InChI is InChI=1S/C10H17N3O3S/c1-8(5-6-11)13(2)10(14)7-12-17(15,16)9-3-4-9/h8-9,12H,3-5,7H2,1-2H3/t8-/m0/s1. The van der Waals surface area contributed by atoms with Gasteiger partial charge in [-0.1, -0.05) is 0 Å². The molecule has 0 spiro atoms. The highest BCUT2D eigenvalue weighted by atomic mass is 32.2. The average Bonchev–Trinajstić information content (AvgIpc) is 3.09. The Balaban J connectivity index is 2.41. The predicted octanol–water partition coefficient (Wildman–Crippen LogP) is -0.171. The fourth-order valence-corrected chi connectivity index (χ4v) is 2.62. The molecule has 0 bridgehead atoms. The van der Waals surface area contributed by atoms with Crippen molar-refractivity contribution in [3.05, 3.63) is 0 Å². The van der Waals surface area contributed by atoms with Crippen LogP contribution in [0, 0.1) is 11.3 Å². The van der Waals surface area contributed by atoms with Crippen molar-refractivity contribution in [1.82, 2.24) is 9.62 Å². The van der Waals surface area contributed by atoms with Crippen molar-refractivity contribution in [3.8, 4) is 6.07 Å². The molecule has 1 amide bonds. The van der Waals surface area contributed by atoms with Gasteiger partial charge in [0.2, 0.25) is 15.9 Å². The van der Waals surface area contributed by atoms with Gasteiger partial charge in [-0.3, -0.25) is 4.79 Å². The van der Waals surface area contributed by atoms with Gasteiger partial charge >= 0.3 is 0 Å². The van der Waals surface area contributed by atoms with E-state index in [9.17, 15) is 13.2 Å². The Hall–Kier alpha value is -1.13. The maximum Gasteiger partial charge on any atom is 0.237 e. The highest BCUT2D eigenvalue weighted by Gasteiger charge is 2.35. The number of nitrogens with zero attached hydrogens (tertiary/aromatic N) is 2. The lowest BCUT2D eigenvalue weighted by atomic mass is 10.2. The maximum atomic E-state index is 11.6. The lowest BCUT2D eigenvalue weighted by Crippen LogP contribution is -2.42. The van der Waals surface area contributed by atoms with Crippen LogP contribution in [0.2, 0.25) is 0 Å². The molecular formula is C10H17N3O3S. The molecule has 1 saturated carbocycles. The molecule has 1 aliphatic carbocycles. The zero-order valence-corrected chi connectivity index (χ0v) is 10.8. The van der Waals surface area contributed by atoms with Crippen LogP contribution in [0.25, 0.3) is 0 Å². The van der Waals surface area contributed by atoms with Gasteiger partial charge in [0.25, 0.3) is 0 Å². The smallest absolute Gasteiger partial charge is 0.237 e. The van der Waals surface area contributed by atoms with Gasteiger partial charge in [-0.15, -0.1) is 0 Å². The normalized spacial score (nSPS) is 17.2. The van der Waals surface area contributed by atoms with Crippen LogP contribution < -0.4 is 4.72 Å². The van der Waals surface area contributed by atoms with Crippen LogP contribution in [0.4, 0.5) is 0 Å². The Kier molecular flexibility index (Phi) is 4.48. The molecule has 0 aromatic rings. The minimum absolute atomic E-state index is 0.210. The lowest BCUT2D eigenvalue weighted by Gasteiger charge is -2.23. The van der Waals surface area contributed by atoms with E-state index in [1.807, 2.05) is 6.07 Å². The van der Waals surface area contributed by atoms with Crippen molar-refractivity contribution >= 4 is 15.9 Å². The quantitative estimate of drug-likeness (QED) is 0.717. The third-order valence-corrected chi connectivity index (χ3v) is 4.72. The van der Waals surface area contributed by atoms with Crippen LogP contribution in [0.3, 0.4) is 0 Å². The van der Waals surface area contributed by atoms with E-state index in [-0.39, 0.29) is 30.2 Å². The average molecular weight is 259 g/mol. The molecule has 1 aliphatic rings. The van der Waals surface area contributed by atoms with Crippen LogP contribution in [0.15, 0.2) is 0 Å². The van der Waals surface area contributed by atoms with Crippen LogP contribution in [0.5, 0.6) is 0 Å². The van der Waals surface area contributed by atoms with E-state index in [1.54, 1.807) is 14.0 Å². The second-order valence-electron chi connectivity index (χ2n) is 4.28. The van der Waals surface area contributed by atoms with E-state index in [0.29, 0.717) is 12.8 Å². The summed E-state index contributed by atoms with van der Waals surface area (Å²) in [4.78, 5) is 13.0. The molecule has 6 nitrogen and oxygen atoms in total. The SMILES string of the molecule is C[C@@H](CC#N)N(C)C(=O)CNS(=O)(=O)C1CC1. The molecule has 0 saturated heterocycles. The molecule has 17 heavy (non-hydrogen) atoms. The van der Waals surface area contributed by atoms with E-state index in [0.717, 1.165) is 0 Å². The molecule has 1 atom stereocenters. The first-order chi connectivity index (χ1) is 7.88. The van der Waals surface area contributed by atoms with E-state index in [4.69, 9.17) is 5.26 Å². The number of sulfonamides is 1. The molecule has 0 unspecified atom stereocenters. The van der Waals surface area contributed by atoms with Crippen molar-refractivity contribution in [2.45, 2.75) is 37.5 Å². The summed E-state index contributed by atoms with van der Waals surface area (Å²) in [5, 5.41) is 8.19. The molecule has 0 radical (unpaired) electrons. The number of nitriles is 1. The van der Waals surface area contributed by atoms with Crippen LogP contribution in [-0.2, 0) is 14.8 Å². The van der Waals surface area contributed by atoms with Crippen molar-refractivity contribution in [1.29, 1.82) is 5.26 Å². The Morgan fingerprint density at radius 1 is 1.59 bits per heavy atom. The van der Waals surface area contributed by atoms with E-state index in [1.165, 1.54) is 4.90 Å². The summed E-state index contributed by atoms with van der Waals surface area (Å²) in [5.74, 6) is -0.322. The highest BCUT2D eigenvalue weighted by molar-refractivity contribution is 7.90. The van der Waals surface area contributed by atoms with Crippen molar-refractivity contribution in [2.24, 2.45) is 0 Å². The van der Waals surface area contributed by atoms with Crippen molar-refractivity contribution in [2.75, 3.05) is 13.6 Å². The molecule has 0 aromatic heterocycles. The topological polar surface area (TPSA) is 90.3 Å². The van der Waals surface area contributed by atoms with Crippen molar-refractivity contribution < 1.29 is 13.2 Å². The second-order valence-corrected chi connectivity index (χ2v) is 6.33. The number of carbonyl (C=O) groups excluding carboxylic acids is 1. The van der Waals surface area contributed by atoms with Gasteiger partial charge in [0.1, 0.15) is 0 Å². The number of carbonyl (C=O) groups is 1. The first-order valence-corrected chi connectivity index (χ1v) is 7.04. The minimum Gasteiger partial charge on any atom is -0.341 e. The fourth-order valence-electron chi connectivity index (χ4n) is 1.30. The Morgan fingerprint density at radius 3 is 2.65 bits per heavy atom. The predicted molar refractivity (Wildman–Crippen MR) is 62.4 cm³/mol. The molecule has 1 N–H and O–H groups in total. The van der Waals surface area contributed by atoms with Gasteiger partial charge in [0.15, 0.2) is 0 Å². The van der Waals surface area contributed by atoms with E-state index in [2.05, 4.69) is 4.72 Å². The molecule has 1 rings (SSSR count). The van der Waals surface area contributed by atoms with Gasteiger partial charge in [0, 0.05) is 13.1 Å². The van der Waals surface area contributed by atoms with Gasteiger partial charge < -0.3 is 4.90 Å². The summed E-state index contributed by atoms with van der Waals surface area (Å²) in [6.45, 7) is 1.52. The molecule has 0 aliphatic heterocycles. The molecular weight excluding hydrogens is 242 g/mol. The number of amides is 1. The Morgan fingerprint density at radius 2 is 2.18 bits per heavy atom. The summed E-state index contributed by atoms with van der Waals surface area (Å²) >= 11 is 0. The monoisotopic (exact) mass is 259 g/mol. The van der Waals surface area contributed by atoms with Crippen LogP contribution >= 0.6 is 0 Å². The number of rotatable bonds is 6. The molecule has 1 fully saturated rings. The van der Waals surface area contributed by atoms with Crippen molar-refractivity contribution in [3.63, 3.8) is 0 Å². The molecule has 0 heterocycles. The van der Waals surface area contributed by atoms with Gasteiger partial charge in [-0.25, -0.2) is 13.1 Å². The summed E-state index contributed by atoms with van der Waals surface area (Å²) in [7, 11) is -1.75. The van der Waals surface area contributed by atoms with Gasteiger partial charge in [0.05, 0.1) is 24.3 Å². The maximum absolute atomic E-state index is 11.6. The first-order valence-electron chi connectivity index (χ1n) is 5.49. The zero-order valence-electron chi connectivity index (χ0n) is 10.0. The molecule has 0 aromatic carbocycles. The van der Waals surface area contributed by atoms with Crippen LogP contribution in [0.1, 0.15) is 26.2 Å². The van der Waals surface area contributed by atoms with Gasteiger partial charge in [-0.05, 0) is 19.8 Å². The fraction of sp³-hybridized carbons (Fsp3) is 0.800. The summed E-state index contributed by atoms with van der Waals surface area (Å²) in [6, 6.07) is 1.76. The molecule has 96 valence electrons. The first kappa shape index (κ1) is 13.9. The lowest BCUT2D eigenvalue weighted by molar-refractivity contribution is -0.130. The third-order valence-electron chi connectivity index (χ3n) is 2.83. The summed E-state index contributed by atoms with van der Waals surface area (Å²) < 4.78 is 25.3. The Labute approximate surface area is 102 Å². The largest absolute Gasteiger partial charge is 0.341 e. The van der Waals surface area contributed by atoms with E-state index >= 15 is 0 Å². The summed E-state index contributed by atoms with van der Waals surface area (Å²) in [5.41, 5.74) is 0.